The normalized spacial score (nSPS) is 15.0. The Balaban J connectivity index is 1.75. The number of carbonyl (C=O) groups excluding carboxylic acids is 1. The number of hydrogen-bond donors (Lipinski definition) is 3. The van der Waals surface area contributed by atoms with Gasteiger partial charge in [-0.1, -0.05) is 12.1 Å². The first kappa shape index (κ1) is 19.4. The van der Waals surface area contributed by atoms with E-state index in [-0.39, 0.29) is 5.91 Å². The van der Waals surface area contributed by atoms with Crippen LogP contribution in [0, 0.1) is 0 Å². The van der Waals surface area contributed by atoms with Crippen LogP contribution in [0.25, 0.3) is 0 Å². The molecule has 0 aromatic heterocycles. The van der Waals surface area contributed by atoms with Crippen LogP contribution in [-0.4, -0.2) is 57.1 Å². The molecule has 1 saturated heterocycles. The molecule has 0 aliphatic carbocycles. The molecule has 0 saturated carbocycles. The van der Waals surface area contributed by atoms with E-state index in [4.69, 9.17) is 0 Å². The molecule has 25 heavy (non-hydrogen) atoms. The molecule has 1 aromatic carbocycles. The molecule has 1 heterocycles. The van der Waals surface area contributed by atoms with E-state index in [1.807, 2.05) is 11.8 Å². The molecule has 0 bridgehead atoms. The molecule has 0 radical (unpaired) electrons. The molecule has 0 spiro atoms. The summed E-state index contributed by atoms with van der Waals surface area (Å²) < 4.78 is 0. The quantitative estimate of drug-likeness (QED) is 0.370. The molecular weight excluding hydrogens is 334 g/mol. The number of guanidine groups is 1. The average Bonchev–Trinajstić information content (AvgIpc) is 2.64. The van der Waals surface area contributed by atoms with E-state index in [9.17, 15) is 4.79 Å². The molecule has 0 unspecified atom stereocenters. The van der Waals surface area contributed by atoms with Crippen LogP contribution in [-0.2, 0) is 11.3 Å². The van der Waals surface area contributed by atoms with Gasteiger partial charge in [0.05, 0.1) is 6.54 Å². The lowest BCUT2D eigenvalue weighted by Gasteiger charge is -2.28. The van der Waals surface area contributed by atoms with Crippen molar-refractivity contribution in [2.75, 3.05) is 50.1 Å². The zero-order valence-electron chi connectivity index (χ0n) is 15.2. The Kier molecular flexibility index (Phi) is 8.45. The van der Waals surface area contributed by atoms with Crippen molar-refractivity contribution in [2.24, 2.45) is 4.99 Å². The minimum Gasteiger partial charge on any atom is -0.360 e. The molecule has 1 fully saturated rings. The number of thioether (sulfide) groups is 1. The number of carbonyl (C=O) groups is 1. The van der Waals surface area contributed by atoms with E-state index in [0.717, 1.165) is 37.7 Å². The molecule has 1 aromatic rings. The van der Waals surface area contributed by atoms with Crippen LogP contribution in [0.2, 0.25) is 0 Å². The number of nitrogens with one attached hydrogen (secondary N) is 3. The predicted octanol–water partition coefficient (Wildman–Crippen LogP) is 1.43. The Morgan fingerprint density at radius 3 is 2.76 bits per heavy atom. The molecule has 1 aliphatic rings. The summed E-state index contributed by atoms with van der Waals surface area (Å²) in [5.74, 6) is 2.13. The largest absolute Gasteiger partial charge is 0.360 e. The molecule has 2 rings (SSSR count). The van der Waals surface area contributed by atoms with E-state index in [2.05, 4.69) is 56.4 Å². The molecule has 7 heteroatoms. The van der Waals surface area contributed by atoms with Gasteiger partial charge in [-0.3, -0.25) is 9.79 Å². The van der Waals surface area contributed by atoms with Gasteiger partial charge in [0, 0.05) is 38.9 Å². The van der Waals surface area contributed by atoms with E-state index in [1.54, 1.807) is 7.05 Å². The maximum atomic E-state index is 11.5. The van der Waals surface area contributed by atoms with Gasteiger partial charge in [-0.05, 0) is 42.5 Å². The Bertz CT molecular complexity index is 561. The predicted molar refractivity (Wildman–Crippen MR) is 107 cm³/mol. The summed E-state index contributed by atoms with van der Waals surface area (Å²) in [4.78, 5) is 17.8. The van der Waals surface area contributed by atoms with E-state index >= 15 is 0 Å². The van der Waals surface area contributed by atoms with Crippen molar-refractivity contribution in [3.05, 3.63) is 29.8 Å². The molecule has 1 amide bonds. The van der Waals surface area contributed by atoms with E-state index < -0.39 is 0 Å². The lowest BCUT2D eigenvalue weighted by Crippen LogP contribution is -2.47. The number of nitrogens with zero attached hydrogens (tertiary/aromatic N) is 2. The Hall–Kier alpha value is -1.89. The minimum absolute atomic E-state index is 0.0874. The number of aliphatic imine (C=N–C) groups is 1. The molecule has 138 valence electrons. The fourth-order valence-corrected chi connectivity index (χ4v) is 3.16. The van der Waals surface area contributed by atoms with Gasteiger partial charge >= 0.3 is 0 Å². The maximum Gasteiger partial charge on any atom is 0.239 e. The summed E-state index contributed by atoms with van der Waals surface area (Å²) in [6.07, 6.45) is 4.51. The fraction of sp³-hybridized carbons (Fsp3) is 0.556. The summed E-state index contributed by atoms with van der Waals surface area (Å²) >= 11 is 1.89. The third-order valence-corrected chi connectivity index (χ3v) is 4.79. The zero-order chi connectivity index (χ0) is 17.9. The van der Waals surface area contributed by atoms with Crippen LogP contribution in [0.15, 0.2) is 29.3 Å². The SMILES string of the molecule is CN=C(NCCCCSC)NCc1ccc(N2CCNC(=O)C2)cc1. The number of piperazine rings is 1. The van der Waals surface area contributed by atoms with Gasteiger partial charge in [-0.25, -0.2) is 0 Å². The van der Waals surface area contributed by atoms with Crippen molar-refractivity contribution in [1.29, 1.82) is 0 Å². The van der Waals surface area contributed by atoms with Crippen molar-refractivity contribution in [2.45, 2.75) is 19.4 Å². The lowest BCUT2D eigenvalue weighted by atomic mass is 10.2. The number of amides is 1. The first-order valence-electron chi connectivity index (χ1n) is 8.77. The van der Waals surface area contributed by atoms with Crippen LogP contribution in [0.5, 0.6) is 0 Å². The number of hydrogen-bond acceptors (Lipinski definition) is 4. The minimum atomic E-state index is 0.0874. The van der Waals surface area contributed by atoms with Crippen molar-refractivity contribution in [3.8, 4) is 0 Å². The highest BCUT2D eigenvalue weighted by Gasteiger charge is 2.16. The summed E-state index contributed by atoms with van der Waals surface area (Å²) in [6.45, 7) is 3.67. The highest BCUT2D eigenvalue weighted by molar-refractivity contribution is 7.98. The van der Waals surface area contributed by atoms with Crippen LogP contribution >= 0.6 is 11.8 Å². The first-order chi connectivity index (χ1) is 12.2. The van der Waals surface area contributed by atoms with Gasteiger partial charge in [0.15, 0.2) is 5.96 Å². The van der Waals surface area contributed by atoms with Gasteiger partial charge in [-0.2, -0.15) is 11.8 Å². The van der Waals surface area contributed by atoms with Gasteiger partial charge < -0.3 is 20.9 Å². The summed E-state index contributed by atoms with van der Waals surface area (Å²) in [7, 11) is 1.79. The smallest absolute Gasteiger partial charge is 0.239 e. The van der Waals surface area contributed by atoms with Gasteiger partial charge in [0.1, 0.15) is 0 Å². The van der Waals surface area contributed by atoms with Gasteiger partial charge in [0.25, 0.3) is 0 Å². The Morgan fingerprint density at radius 2 is 2.08 bits per heavy atom. The summed E-state index contributed by atoms with van der Waals surface area (Å²) in [5.41, 5.74) is 2.28. The first-order valence-corrected chi connectivity index (χ1v) is 10.2. The van der Waals surface area contributed by atoms with E-state index in [0.29, 0.717) is 13.1 Å². The third-order valence-electron chi connectivity index (χ3n) is 4.09. The average molecular weight is 364 g/mol. The van der Waals surface area contributed by atoms with Crippen LogP contribution in [0.1, 0.15) is 18.4 Å². The number of benzene rings is 1. The third kappa shape index (κ3) is 6.86. The second-order valence-electron chi connectivity index (χ2n) is 5.99. The van der Waals surface area contributed by atoms with Crippen LogP contribution in [0.3, 0.4) is 0 Å². The van der Waals surface area contributed by atoms with Crippen LogP contribution < -0.4 is 20.9 Å². The molecule has 0 atom stereocenters. The van der Waals surface area contributed by atoms with Gasteiger partial charge in [0.2, 0.25) is 5.91 Å². The van der Waals surface area contributed by atoms with Gasteiger partial charge in [-0.15, -0.1) is 0 Å². The van der Waals surface area contributed by atoms with Crippen LogP contribution in [0.4, 0.5) is 5.69 Å². The Morgan fingerprint density at radius 1 is 1.28 bits per heavy atom. The standard InChI is InChI=1S/C18H29N5OS/c1-19-18(21-9-3-4-12-25-2)22-13-15-5-7-16(8-6-15)23-11-10-20-17(24)14-23/h5-8H,3-4,9-14H2,1-2H3,(H,20,24)(H2,19,21,22). The van der Waals surface area contributed by atoms with Crippen molar-refractivity contribution >= 4 is 29.3 Å². The van der Waals surface area contributed by atoms with Crippen molar-refractivity contribution < 1.29 is 4.79 Å². The monoisotopic (exact) mass is 363 g/mol. The molecule has 6 nitrogen and oxygen atoms in total. The second-order valence-corrected chi connectivity index (χ2v) is 6.98. The second kappa shape index (κ2) is 10.9. The van der Waals surface area contributed by atoms with E-state index in [1.165, 1.54) is 17.7 Å². The highest BCUT2D eigenvalue weighted by Crippen LogP contribution is 2.16. The lowest BCUT2D eigenvalue weighted by molar-refractivity contribution is -0.120. The van der Waals surface area contributed by atoms with Crippen molar-refractivity contribution in [1.82, 2.24) is 16.0 Å². The number of anilines is 1. The Labute approximate surface area is 154 Å². The highest BCUT2D eigenvalue weighted by atomic mass is 32.2. The number of unbranched alkanes of at least 4 members (excludes halogenated alkanes) is 1. The summed E-state index contributed by atoms with van der Waals surface area (Å²) in [5, 5.41) is 9.53. The molecule has 3 N–H and O–H groups in total. The molecular formula is C18H29N5OS. The van der Waals surface area contributed by atoms with Crippen molar-refractivity contribution in [3.63, 3.8) is 0 Å². The number of rotatable bonds is 8. The topological polar surface area (TPSA) is 68.8 Å². The summed E-state index contributed by atoms with van der Waals surface area (Å²) in [6, 6.07) is 8.35. The fourth-order valence-electron chi connectivity index (χ4n) is 2.67. The zero-order valence-corrected chi connectivity index (χ0v) is 16.0. The molecule has 1 aliphatic heterocycles. The maximum absolute atomic E-state index is 11.5.